The van der Waals surface area contributed by atoms with E-state index < -0.39 is 0 Å². The number of nitrogens with one attached hydrogen (secondary N) is 2. The van der Waals surface area contributed by atoms with Crippen molar-refractivity contribution < 1.29 is 9.90 Å². The second kappa shape index (κ2) is 9.74. The molecule has 0 bridgehead atoms. The molecule has 0 aromatic heterocycles. The summed E-state index contributed by atoms with van der Waals surface area (Å²) in [6, 6.07) is 5.97. The number of aliphatic hydroxyl groups is 1. The Morgan fingerprint density at radius 2 is 2.09 bits per heavy atom. The number of carbonyl (C=O) groups excluding carboxylic acids is 1. The Morgan fingerprint density at radius 3 is 2.68 bits per heavy atom. The van der Waals surface area contributed by atoms with Crippen molar-refractivity contribution in [2.75, 3.05) is 11.9 Å². The van der Waals surface area contributed by atoms with Crippen LogP contribution < -0.4 is 10.6 Å². The first-order valence-electron chi connectivity index (χ1n) is 7.92. The van der Waals surface area contributed by atoms with Crippen LogP contribution in [-0.4, -0.2) is 29.0 Å². The third-order valence-corrected chi connectivity index (χ3v) is 4.79. The lowest BCUT2D eigenvalue weighted by Crippen LogP contribution is -2.36. The normalized spacial score (nSPS) is 13.5. The summed E-state index contributed by atoms with van der Waals surface area (Å²) in [7, 11) is 0. The van der Waals surface area contributed by atoms with E-state index in [1.54, 1.807) is 0 Å². The Bertz CT molecular complexity index is 480. The summed E-state index contributed by atoms with van der Waals surface area (Å²) < 4.78 is 0. The van der Waals surface area contributed by atoms with Crippen LogP contribution in [0.4, 0.5) is 10.5 Å². The maximum Gasteiger partial charge on any atom is 0.319 e. The van der Waals surface area contributed by atoms with E-state index >= 15 is 0 Å². The highest BCUT2D eigenvalue weighted by atomic mass is 32.2. The van der Waals surface area contributed by atoms with Gasteiger partial charge < -0.3 is 15.7 Å². The number of aryl methyl sites for hydroxylation is 1. The van der Waals surface area contributed by atoms with Crippen LogP contribution in [0.1, 0.15) is 45.6 Å². The molecule has 2 amide bonds. The van der Waals surface area contributed by atoms with Gasteiger partial charge in [0.2, 0.25) is 0 Å². The fourth-order valence-corrected chi connectivity index (χ4v) is 3.04. The van der Waals surface area contributed by atoms with Gasteiger partial charge in [0.15, 0.2) is 0 Å². The highest BCUT2D eigenvalue weighted by Crippen LogP contribution is 2.28. The third kappa shape index (κ3) is 6.71. The van der Waals surface area contributed by atoms with E-state index in [2.05, 4.69) is 36.6 Å². The van der Waals surface area contributed by atoms with E-state index in [1.165, 1.54) is 4.90 Å². The van der Waals surface area contributed by atoms with Crippen molar-refractivity contribution in [3.8, 4) is 0 Å². The lowest BCUT2D eigenvalue weighted by Gasteiger charge is -2.16. The van der Waals surface area contributed by atoms with Crippen molar-refractivity contribution in [1.29, 1.82) is 0 Å². The zero-order valence-electron chi connectivity index (χ0n) is 14.0. The summed E-state index contributed by atoms with van der Waals surface area (Å²) in [6.45, 7) is 8.50. The number of hydrogen-bond donors (Lipinski definition) is 3. The van der Waals surface area contributed by atoms with Gasteiger partial charge >= 0.3 is 6.03 Å². The van der Waals surface area contributed by atoms with Crippen LogP contribution >= 0.6 is 11.8 Å². The number of benzene rings is 1. The van der Waals surface area contributed by atoms with E-state index in [-0.39, 0.29) is 18.7 Å². The molecule has 0 spiro atoms. The standard InChI is InChI=1S/C17H28N2O2S/c1-5-14(4)22-15-8-9-16(12(2)11-15)19-17(21)18-13(3)7-6-10-20/h8-9,11,13-14,20H,5-7,10H2,1-4H3,(H2,18,19,21). The van der Waals surface area contributed by atoms with Crippen molar-refractivity contribution in [1.82, 2.24) is 5.32 Å². The summed E-state index contributed by atoms with van der Waals surface area (Å²) >= 11 is 1.85. The lowest BCUT2D eigenvalue weighted by molar-refractivity contribution is 0.245. The summed E-state index contributed by atoms with van der Waals surface area (Å²) in [5.74, 6) is 0. The smallest absolute Gasteiger partial charge is 0.319 e. The zero-order valence-corrected chi connectivity index (χ0v) is 14.8. The van der Waals surface area contributed by atoms with Gasteiger partial charge in [0.1, 0.15) is 0 Å². The van der Waals surface area contributed by atoms with Crippen LogP contribution in [0.3, 0.4) is 0 Å². The zero-order chi connectivity index (χ0) is 16.5. The lowest BCUT2D eigenvalue weighted by atomic mass is 10.2. The fraction of sp³-hybridized carbons (Fsp3) is 0.588. The van der Waals surface area contributed by atoms with E-state index in [9.17, 15) is 4.79 Å². The molecule has 4 nitrogen and oxygen atoms in total. The molecule has 0 heterocycles. The molecule has 5 heteroatoms. The molecule has 22 heavy (non-hydrogen) atoms. The average molecular weight is 324 g/mol. The van der Waals surface area contributed by atoms with Gasteiger partial charge in [-0.15, -0.1) is 11.8 Å². The predicted octanol–water partition coefficient (Wildman–Crippen LogP) is 4.17. The SMILES string of the molecule is CCC(C)Sc1ccc(NC(=O)NC(C)CCCO)c(C)c1. The molecule has 0 aliphatic rings. The van der Waals surface area contributed by atoms with Gasteiger partial charge in [-0.1, -0.05) is 13.8 Å². The van der Waals surface area contributed by atoms with Gasteiger partial charge in [-0.3, -0.25) is 0 Å². The molecule has 3 N–H and O–H groups in total. The predicted molar refractivity (Wildman–Crippen MR) is 94.7 cm³/mol. The first kappa shape index (κ1) is 18.8. The molecule has 0 saturated heterocycles. The first-order valence-corrected chi connectivity index (χ1v) is 8.79. The van der Waals surface area contributed by atoms with Gasteiger partial charge in [-0.2, -0.15) is 0 Å². The molecule has 2 unspecified atom stereocenters. The monoisotopic (exact) mass is 324 g/mol. The van der Waals surface area contributed by atoms with Gasteiger partial charge in [0, 0.05) is 28.5 Å². The highest BCUT2D eigenvalue weighted by molar-refractivity contribution is 7.99. The molecule has 0 fully saturated rings. The molecule has 1 aromatic carbocycles. The third-order valence-electron chi connectivity index (χ3n) is 3.53. The van der Waals surface area contributed by atoms with Crippen LogP contribution in [0.2, 0.25) is 0 Å². The minimum Gasteiger partial charge on any atom is -0.396 e. The molecule has 0 aliphatic carbocycles. The molecular formula is C17H28N2O2S. The molecule has 2 atom stereocenters. The summed E-state index contributed by atoms with van der Waals surface area (Å²) in [4.78, 5) is 13.2. The molecular weight excluding hydrogens is 296 g/mol. The Balaban J connectivity index is 2.56. The topological polar surface area (TPSA) is 61.4 Å². The van der Waals surface area contributed by atoms with Crippen LogP contribution in [0.25, 0.3) is 0 Å². The van der Waals surface area contributed by atoms with Gasteiger partial charge in [0.25, 0.3) is 0 Å². The van der Waals surface area contributed by atoms with Crippen molar-refractivity contribution in [3.05, 3.63) is 23.8 Å². The Morgan fingerprint density at radius 1 is 1.36 bits per heavy atom. The summed E-state index contributed by atoms with van der Waals surface area (Å²) in [6.07, 6.45) is 2.60. The van der Waals surface area contributed by atoms with Crippen molar-refractivity contribution >= 4 is 23.5 Å². The van der Waals surface area contributed by atoms with E-state index in [1.807, 2.05) is 31.7 Å². The molecule has 1 rings (SSSR count). The van der Waals surface area contributed by atoms with Crippen LogP contribution in [-0.2, 0) is 0 Å². The molecule has 0 aliphatic heterocycles. The van der Waals surface area contributed by atoms with Crippen molar-refractivity contribution in [3.63, 3.8) is 0 Å². The minimum atomic E-state index is -0.198. The Hall–Kier alpha value is -1.20. The molecule has 0 radical (unpaired) electrons. The maximum absolute atomic E-state index is 12.0. The van der Waals surface area contributed by atoms with E-state index in [4.69, 9.17) is 5.11 Å². The number of amides is 2. The van der Waals surface area contributed by atoms with Gasteiger partial charge in [0.05, 0.1) is 0 Å². The fourth-order valence-electron chi connectivity index (χ4n) is 2.02. The largest absolute Gasteiger partial charge is 0.396 e. The quantitative estimate of drug-likeness (QED) is 0.629. The number of urea groups is 1. The minimum absolute atomic E-state index is 0.0488. The van der Waals surface area contributed by atoms with Crippen molar-refractivity contribution in [2.45, 2.75) is 63.1 Å². The average Bonchev–Trinajstić information content (AvgIpc) is 2.47. The molecule has 124 valence electrons. The van der Waals surface area contributed by atoms with Crippen LogP contribution in [0, 0.1) is 6.92 Å². The molecule has 0 saturated carbocycles. The Labute approximate surface area is 138 Å². The number of anilines is 1. The number of aliphatic hydroxyl groups excluding tert-OH is 1. The number of thioether (sulfide) groups is 1. The maximum atomic E-state index is 12.0. The second-order valence-corrected chi connectivity index (χ2v) is 7.19. The first-order chi connectivity index (χ1) is 10.5. The summed E-state index contributed by atoms with van der Waals surface area (Å²) in [5.41, 5.74) is 1.90. The number of hydrogen-bond acceptors (Lipinski definition) is 3. The number of carbonyl (C=O) groups is 1. The number of rotatable bonds is 8. The van der Waals surface area contributed by atoms with Gasteiger partial charge in [-0.25, -0.2) is 4.79 Å². The molecule has 1 aromatic rings. The Kier molecular flexibility index (Phi) is 8.35. The second-order valence-electron chi connectivity index (χ2n) is 5.68. The van der Waals surface area contributed by atoms with E-state index in [0.717, 1.165) is 24.1 Å². The van der Waals surface area contributed by atoms with Crippen LogP contribution in [0.5, 0.6) is 0 Å². The van der Waals surface area contributed by atoms with Crippen molar-refractivity contribution in [2.24, 2.45) is 0 Å². The summed E-state index contributed by atoms with van der Waals surface area (Å²) in [5, 5.41) is 15.2. The van der Waals surface area contributed by atoms with E-state index in [0.29, 0.717) is 11.7 Å². The van der Waals surface area contributed by atoms with Gasteiger partial charge in [-0.05, 0) is 56.9 Å². The highest BCUT2D eigenvalue weighted by Gasteiger charge is 2.09. The van der Waals surface area contributed by atoms with Crippen LogP contribution in [0.15, 0.2) is 23.1 Å².